The summed E-state index contributed by atoms with van der Waals surface area (Å²) >= 11 is 0. The van der Waals surface area contributed by atoms with Gasteiger partial charge in [-0.3, -0.25) is 4.79 Å². The molecule has 0 radical (unpaired) electrons. The maximum absolute atomic E-state index is 12.5. The lowest BCUT2D eigenvalue weighted by Crippen LogP contribution is -2.33. The molecule has 1 aromatic heterocycles. The molecule has 0 aliphatic rings. The summed E-state index contributed by atoms with van der Waals surface area (Å²) in [5.74, 6) is -0.275. The zero-order chi connectivity index (χ0) is 21.4. The second kappa shape index (κ2) is 10.5. The quantitative estimate of drug-likeness (QED) is 0.581. The number of carbonyl (C=O) groups excluding carboxylic acids is 1. The van der Waals surface area contributed by atoms with Crippen LogP contribution in [0.3, 0.4) is 0 Å². The summed E-state index contributed by atoms with van der Waals surface area (Å²) in [6.45, 7) is 7.07. The number of hydrogen-bond donors (Lipinski definition) is 1. The van der Waals surface area contributed by atoms with Crippen LogP contribution in [0.2, 0.25) is 0 Å². The molecule has 160 valence electrons. The van der Waals surface area contributed by atoms with Gasteiger partial charge >= 0.3 is 5.97 Å². The van der Waals surface area contributed by atoms with Gasteiger partial charge in [0.2, 0.25) is 0 Å². The first-order valence-electron chi connectivity index (χ1n) is 10.00. The molecule has 1 atom stereocenters. The molecule has 2 rings (SSSR count). The number of aliphatic hydroxyl groups excluding tert-OH is 1. The van der Waals surface area contributed by atoms with Gasteiger partial charge in [0.15, 0.2) is 0 Å². The van der Waals surface area contributed by atoms with E-state index in [1.165, 1.54) is 7.11 Å². The molecule has 1 aromatic carbocycles. The van der Waals surface area contributed by atoms with Crippen LogP contribution in [0.25, 0.3) is 0 Å². The van der Waals surface area contributed by atoms with Gasteiger partial charge < -0.3 is 14.6 Å². The molecule has 0 fully saturated rings. The van der Waals surface area contributed by atoms with Crippen LogP contribution in [0, 0.1) is 12.3 Å². The van der Waals surface area contributed by atoms with Gasteiger partial charge in [0.05, 0.1) is 38.0 Å². The highest BCUT2D eigenvalue weighted by Crippen LogP contribution is 2.41. The van der Waals surface area contributed by atoms with Crippen LogP contribution in [-0.4, -0.2) is 46.9 Å². The summed E-state index contributed by atoms with van der Waals surface area (Å²) in [4.78, 5) is 12.5. The van der Waals surface area contributed by atoms with E-state index in [0.717, 1.165) is 41.6 Å². The summed E-state index contributed by atoms with van der Waals surface area (Å²) in [5, 5.41) is 18.0. The number of carbonyl (C=O) groups is 1. The van der Waals surface area contributed by atoms with Gasteiger partial charge in [0.1, 0.15) is 0 Å². The van der Waals surface area contributed by atoms with Gasteiger partial charge in [-0.2, -0.15) is 0 Å². The number of aryl methyl sites for hydroxylation is 2. The van der Waals surface area contributed by atoms with E-state index in [1.807, 2.05) is 45.2 Å². The smallest absolute Gasteiger partial charge is 0.311 e. The molecule has 1 heterocycles. The Bertz CT molecular complexity index is 801. The van der Waals surface area contributed by atoms with Crippen molar-refractivity contribution in [2.45, 2.75) is 59.1 Å². The summed E-state index contributed by atoms with van der Waals surface area (Å²) in [5.41, 5.74) is 3.20. The molecule has 0 unspecified atom stereocenters. The fourth-order valence-electron chi connectivity index (χ4n) is 3.66. The fourth-order valence-corrected chi connectivity index (χ4v) is 3.66. The number of aliphatic hydroxyl groups is 1. The van der Waals surface area contributed by atoms with E-state index in [-0.39, 0.29) is 18.5 Å². The molecule has 0 aliphatic heterocycles. The summed E-state index contributed by atoms with van der Waals surface area (Å²) in [7, 11) is 3.09. The highest BCUT2D eigenvalue weighted by Gasteiger charge is 2.38. The number of methoxy groups -OCH3 is 2. The average Bonchev–Trinajstić information content (AvgIpc) is 3.17. The number of hydrogen-bond acceptors (Lipinski definition) is 6. The third-order valence-electron chi connectivity index (χ3n) is 5.56. The maximum atomic E-state index is 12.5. The van der Waals surface area contributed by atoms with Crippen LogP contribution in [-0.2, 0) is 33.8 Å². The lowest BCUT2D eigenvalue weighted by atomic mass is 9.72. The lowest BCUT2D eigenvalue weighted by molar-refractivity contribution is -0.152. The van der Waals surface area contributed by atoms with Crippen LogP contribution in [0.15, 0.2) is 24.4 Å². The standard InChI is InChI=1S/C22H33N3O4/c1-16-9-10-17(13-18(16)15-26)20(22(2,3)21(27)29-5)8-6-7-19-14-25(24-23-19)11-12-28-4/h9-10,13-14,20,26H,6-8,11-12,15H2,1-5H3/t20-/m1/s1. The van der Waals surface area contributed by atoms with E-state index in [2.05, 4.69) is 10.3 Å². The van der Waals surface area contributed by atoms with Crippen molar-refractivity contribution in [2.75, 3.05) is 20.8 Å². The van der Waals surface area contributed by atoms with Crippen molar-refractivity contribution in [3.8, 4) is 0 Å². The molecule has 7 nitrogen and oxygen atoms in total. The molecule has 7 heteroatoms. The molecule has 0 saturated heterocycles. The Labute approximate surface area is 173 Å². The Morgan fingerprint density at radius 3 is 2.72 bits per heavy atom. The van der Waals surface area contributed by atoms with E-state index in [4.69, 9.17) is 9.47 Å². The van der Waals surface area contributed by atoms with Crippen LogP contribution >= 0.6 is 0 Å². The zero-order valence-corrected chi connectivity index (χ0v) is 18.1. The van der Waals surface area contributed by atoms with Crippen molar-refractivity contribution in [3.05, 3.63) is 46.8 Å². The molecule has 0 saturated carbocycles. The van der Waals surface area contributed by atoms with Crippen molar-refractivity contribution >= 4 is 5.97 Å². The SMILES string of the molecule is COCCn1cc(CCC[C@H](c2ccc(C)c(CO)c2)C(C)(C)C(=O)OC)nn1. The summed E-state index contributed by atoms with van der Waals surface area (Å²) in [6.07, 6.45) is 4.37. The number of esters is 1. The molecular formula is C22H33N3O4. The van der Waals surface area contributed by atoms with E-state index in [1.54, 1.807) is 11.8 Å². The number of aromatic nitrogens is 3. The first-order chi connectivity index (χ1) is 13.8. The van der Waals surface area contributed by atoms with E-state index in [0.29, 0.717) is 13.2 Å². The summed E-state index contributed by atoms with van der Waals surface area (Å²) < 4.78 is 11.9. The second-order valence-electron chi connectivity index (χ2n) is 7.97. The second-order valence-corrected chi connectivity index (χ2v) is 7.97. The van der Waals surface area contributed by atoms with Gasteiger partial charge in [0.25, 0.3) is 0 Å². The highest BCUT2D eigenvalue weighted by atomic mass is 16.5. The Kier molecular flexibility index (Phi) is 8.34. The van der Waals surface area contributed by atoms with Gasteiger partial charge in [-0.05, 0) is 62.6 Å². The van der Waals surface area contributed by atoms with E-state index in [9.17, 15) is 9.90 Å². The van der Waals surface area contributed by atoms with Crippen LogP contribution in [0.4, 0.5) is 0 Å². The minimum Gasteiger partial charge on any atom is -0.469 e. The number of rotatable bonds is 11. The molecule has 0 aliphatic carbocycles. The maximum Gasteiger partial charge on any atom is 0.311 e. The zero-order valence-electron chi connectivity index (χ0n) is 18.1. The molecule has 29 heavy (non-hydrogen) atoms. The van der Waals surface area contributed by atoms with Gasteiger partial charge in [-0.25, -0.2) is 4.68 Å². The van der Waals surface area contributed by atoms with Crippen molar-refractivity contribution in [2.24, 2.45) is 5.41 Å². The predicted molar refractivity (Wildman–Crippen MR) is 110 cm³/mol. The predicted octanol–water partition coefficient (Wildman–Crippen LogP) is 3.03. The third-order valence-corrected chi connectivity index (χ3v) is 5.56. The Balaban J connectivity index is 2.16. The van der Waals surface area contributed by atoms with E-state index >= 15 is 0 Å². The number of ether oxygens (including phenoxy) is 2. The molecule has 0 amide bonds. The molecular weight excluding hydrogens is 370 g/mol. The molecule has 0 bridgehead atoms. The monoisotopic (exact) mass is 403 g/mol. The van der Waals surface area contributed by atoms with Crippen molar-refractivity contribution in [1.82, 2.24) is 15.0 Å². The summed E-state index contributed by atoms with van der Waals surface area (Å²) in [6, 6.07) is 6.05. The average molecular weight is 404 g/mol. The fraction of sp³-hybridized carbons (Fsp3) is 0.591. The number of benzene rings is 1. The minimum atomic E-state index is -0.688. The Morgan fingerprint density at radius 1 is 1.31 bits per heavy atom. The van der Waals surface area contributed by atoms with Crippen molar-refractivity contribution < 1.29 is 19.4 Å². The molecule has 2 aromatic rings. The van der Waals surface area contributed by atoms with Crippen molar-refractivity contribution in [1.29, 1.82) is 0 Å². The molecule has 1 N–H and O–H groups in total. The lowest BCUT2D eigenvalue weighted by Gasteiger charge is -2.32. The van der Waals surface area contributed by atoms with Crippen LogP contribution in [0.1, 0.15) is 55.0 Å². The topological polar surface area (TPSA) is 86.5 Å². The Hall–Kier alpha value is -2.25. The van der Waals surface area contributed by atoms with Gasteiger partial charge in [-0.15, -0.1) is 5.10 Å². The minimum absolute atomic E-state index is 0.0182. The largest absolute Gasteiger partial charge is 0.469 e. The normalized spacial score (nSPS) is 12.8. The Morgan fingerprint density at radius 2 is 2.07 bits per heavy atom. The highest BCUT2D eigenvalue weighted by molar-refractivity contribution is 5.77. The van der Waals surface area contributed by atoms with Crippen molar-refractivity contribution in [3.63, 3.8) is 0 Å². The van der Waals surface area contributed by atoms with E-state index < -0.39 is 5.41 Å². The van der Waals surface area contributed by atoms with Gasteiger partial charge in [-0.1, -0.05) is 23.4 Å². The van der Waals surface area contributed by atoms with Gasteiger partial charge in [0, 0.05) is 13.3 Å². The first kappa shape index (κ1) is 23.0. The number of nitrogens with zero attached hydrogens (tertiary/aromatic N) is 3. The molecule has 0 spiro atoms. The van der Waals surface area contributed by atoms with Crippen LogP contribution in [0.5, 0.6) is 0 Å². The first-order valence-corrected chi connectivity index (χ1v) is 10.00. The van der Waals surface area contributed by atoms with Crippen LogP contribution < -0.4 is 0 Å². The third kappa shape index (κ3) is 5.87.